The molecule has 1 fully saturated rings. The SMILES string of the molecule is CCCCNC(C)C1CCOC1. The fourth-order valence-corrected chi connectivity index (χ4v) is 1.62. The maximum Gasteiger partial charge on any atom is 0.0509 e. The van der Waals surface area contributed by atoms with Gasteiger partial charge in [0.1, 0.15) is 0 Å². The molecule has 1 saturated heterocycles. The molecule has 0 aromatic heterocycles. The number of unbranched alkanes of at least 4 members (excludes halogenated alkanes) is 1. The molecule has 0 amide bonds. The van der Waals surface area contributed by atoms with E-state index >= 15 is 0 Å². The van der Waals surface area contributed by atoms with E-state index in [0.29, 0.717) is 6.04 Å². The molecule has 12 heavy (non-hydrogen) atoms. The summed E-state index contributed by atoms with van der Waals surface area (Å²) >= 11 is 0. The van der Waals surface area contributed by atoms with E-state index in [9.17, 15) is 0 Å². The summed E-state index contributed by atoms with van der Waals surface area (Å²) in [5.41, 5.74) is 0. The lowest BCUT2D eigenvalue weighted by molar-refractivity contribution is 0.178. The fraction of sp³-hybridized carbons (Fsp3) is 1.00. The van der Waals surface area contributed by atoms with Gasteiger partial charge in [0.15, 0.2) is 0 Å². The molecule has 0 aromatic carbocycles. The summed E-state index contributed by atoms with van der Waals surface area (Å²) in [7, 11) is 0. The van der Waals surface area contributed by atoms with Crippen LogP contribution in [0.4, 0.5) is 0 Å². The first-order valence-corrected chi connectivity index (χ1v) is 5.15. The molecule has 2 nitrogen and oxygen atoms in total. The van der Waals surface area contributed by atoms with E-state index in [1.165, 1.54) is 19.3 Å². The van der Waals surface area contributed by atoms with Gasteiger partial charge in [-0.2, -0.15) is 0 Å². The lowest BCUT2D eigenvalue weighted by Gasteiger charge is -2.18. The largest absolute Gasteiger partial charge is 0.381 e. The van der Waals surface area contributed by atoms with E-state index < -0.39 is 0 Å². The molecular weight excluding hydrogens is 150 g/mol. The summed E-state index contributed by atoms with van der Waals surface area (Å²) in [5.74, 6) is 0.752. The maximum atomic E-state index is 5.34. The topological polar surface area (TPSA) is 21.3 Å². The van der Waals surface area contributed by atoms with Crippen molar-refractivity contribution in [1.82, 2.24) is 5.32 Å². The van der Waals surface area contributed by atoms with Crippen molar-refractivity contribution in [2.75, 3.05) is 19.8 Å². The minimum Gasteiger partial charge on any atom is -0.381 e. The predicted octanol–water partition coefficient (Wildman–Crippen LogP) is 1.80. The number of hydrogen-bond acceptors (Lipinski definition) is 2. The molecule has 1 aliphatic heterocycles. The molecule has 0 aliphatic carbocycles. The van der Waals surface area contributed by atoms with E-state index in [0.717, 1.165) is 25.7 Å². The van der Waals surface area contributed by atoms with E-state index in [1.807, 2.05) is 0 Å². The van der Waals surface area contributed by atoms with Crippen molar-refractivity contribution in [2.24, 2.45) is 5.92 Å². The molecule has 0 radical (unpaired) electrons. The van der Waals surface area contributed by atoms with Gasteiger partial charge in [-0.25, -0.2) is 0 Å². The Kier molecular flexibility index (Phi) is 4.62. The van der Waals surface area contributed by atoms with Gasteiger partial charge in [-0.15, -0.1) is 0 Å². The third kappa shape index (κ3) is 3.11. The second-order valence-corrected chi connectivity index (χ2v) is 3.72. The molecule has 0 aromatic rings. The van der Waals surface area contributed by atoms with Crippen molar-refractivity contribution in [2.45, 2.75) is 39.2 Å². The minimum absolute atomic E-state index is 0.638. The van der Waals surface area contributed by atoms with Crippen LogP contribution in [0.15, 0.2) is 0 Å². The van der Waals surface area contributed by atoms with E-state index in [-0.39, 0.29) is 0 Å². The van der Waals surface area contributed by atoms with Crippen LogP contribution in [0.5, 0.6) is 0 Å². The van der Waals surface area contributed by atoms with Crippen LogP contribution in [0.3, 0.4) is 0 Å². The van der Waals surface area contributed by atoms with Crippen molar-refractivity contribution < 1.29 is 4.74 Å². The van der Waals surface area contributed by atoms with Gasteiger partial charge in [-0.1, -0.05) is 13.3 Å². The third-order valence-corrected chi connectivity index (χ3v) is 2.67. The highest BCUT2D eigenvalue weighted by molar-refractivity contribution is 4.75. The number of rotatable bonds is 5. The van der Waals surface area contributed by atoms with Gasteiger partial charge in [0.2, 0.25) is 0 Å². The normalized spacial score (nSPS) is 26.0. The Bertz CT molecular complexity index is 110. The zero-order valence-corrected chi connectivity index (χ0v) is 8.31. The van der Waals surface area contributed by atoms with Crippen molar-refractivity contribution >= 4 is 0 Å². The number of ether oxygens (including phenoxy) is 1. The second kappa shape index (κ2) is 5.55. The molecule has 2 heteroatoms. The second-order valence-electron chi connectivity index (χ2n) is 3.72. The van der Waals surface area contributed by atoms with E-state index in [2.05, 4.69) is 19.2 Å². The van der Waals surface area contributed by atoms with Crippen LogP contribution in [-0.2, 0) is 4.74 Å². The quantitative estimate of drug-likeness (QED) is 0.637. The molecule has 0 spiro atoms. The van der Waals surface area contributed by atoms with Crippen LogP contribution in [0, 0.1) is 5.92 Å². The average Bonchev–Trinajstić information content (AvgIpc) is 2.56. The van der Waals surface area contributed by atoms with Gasteiger partial charge in [0.05, 0.1) is 6.61 Å². The van der Waals surface area contributed by atoms with Gasteiger partial charge in [-0.3, -0.25) is 0 Å². The summed E-state index contributed by atoms with van der Waals surface area (Å²) in [4.78, 5) is 0. The lowest BCUT2D eigenvalue weighted by Crippen LogP contribution is -2.34. The Morgan fingerprint density at radius 3 is 3.00 bits per heavy atom. The van der Waals surface area contributed by atoms with E-state index in [1.54, 1.807) is 0 Å². The first kappa shape index (κ1) is 10.0. The van der Waals surface area contributed by atoms with Crippen molar-refractivity contribution in [3.05, 3.63) is 0 Å². The van der Waals surface area contributed by atoms with Crippen LogP contribution in [0.2, 0.25) is 0 Å². The molecule has 2 atom stereocenters. The Balaban J connectivity index is 2.05. The Labute approximate surface area is 75.7 Å². The van der Waals surface area contributed by atoms with Crippen LogP contribution in [0.25, 0.3) is 0 Å². The fourth-order valence-electron chi connectivity index (χ4n) is 1.62. The average molecular weight is 171 g/mol. The van der Waals surface area contributed by atoms with Crippen LogP contribution >= 0.6 is 0 Å². The van der Waals surface area contributed by atoms with E-state index in [4.69, 9.17) is 4.74 Å². The highest BCUT2D eigenvalue weighted by Crippen LogP contribution is 2.16. The van der Waals surface area contributed by atoms with Crippen molar-refractivity contribution in [1.29, 1.82) is 0 Å². The predicted molar refractivity (Wildman–Crippen MR) is 51.3 cm³/mol. The van der Waals surface area contributed by atoms with Gasteiger partial charge >= 0.3 is 0 Å². The van der Waals surface area contributed by atoms with Crippen LogP contribution in [0.1, 0.15) is 33.1 Å². The lowest BCUT2D eigenvalue weighted by atomic mass is 10.0. The summed E-state index contributed by atoms with van der Waals surface area (Å²) in [6.07, 6.45) is 3.80. The summed E-state index contributed by atoms with van der Waals surface area (Å²) in [6, 6.07) is 0.638. The van der Waals surface area contributed by atoms with Gasteiger partial charge in [0.25, 0.3) is 0 Å². The molecule has 1 aliphatic rings. The Hall–Kier alpha value is -0.0800. The summed E-state index contributed by atoms with van der Waals surface area (Å²) in [6.45, 7) is 7.58. The van der Waals surface area contributed by atoms with Gasteiger partial charge in [0, 0.05) is 12.6 Å². The minimum atomic E-state index is 0.638. The number of nitrogens with one attached hydrogen (secondary N) is 1. The Morgan fingerprint density at radius 2 is 2.42 bits per heavy atom. The summed E-state index contributed by atoms with van der Waals surface area (Å²) < 4.78 is 5.34. The molecule has 1 rings (SSSR count). The third-order valence-electron chi connectivity index (χ3n) is 2.67. The smallest absolute Gasteiger partial charge is 0.0509 e. The first-order chi connectivity index (χ1) is 5.84. The molecular formula is C10H21NO. The highest BCUT2D eigenvalue weighted by Gasteiger charge is 2.21. The van der Waals surface area contributed by atoms with Crippen molar-refractivity contribution in [3.8, 4) is 0 Å². The maximum absolute atomic E-state index is 5.34. The molecule has 0 bridgehead atoms. The molecule has 1 heterocycles. The monoisotopic (exact) mass is 171 g/mol. The molecule has 72 valence electrons. The van der Waals surface area contributed by atoms with Crippen LogP contribution < -0.4 is 5.32 Å². The molecule has 0 saturated carbocycles. The standard InChI is InChI=1S/C10H21NO/c1-3-4-6-11-9(2)10-5-7-12-8-10/h9-11H,3-8H2,1-2H3. The highest BCUT2D eigenvalue weighted by atomic mass is 16.5. The molecule has 1 N–H and O–H groups in total. The summed E-state index contributed by atoms with van der Waals surface area (Å²) in [5, 5.41) is 3.55. The Morgan fingerprint density at radius 1 is 1.58 bits per heavy atom. The zero-order valence-electron chi connectivity index (χ0n) is 8.31. The number of hydrogen-bond donors (Lipinski definition) is 1. The molecule has 2 unspecified atom stereocenters. The zero-order chi connectivity index (χ0) is 8.81. The van der Waals surface area contributed by atoms with Gasteiger partial charge in [-0.05, 0) is 32.2 Å². The van der Waals surface area contributed by atoms with Gasteiger partial charge < -0.3 is 10.1 Å². The first-order valence-electron chi connectivity index (χ1n) is 5.15. The van der Waals surface area contributed by atoms with Crippen molar-refractivity contribution in [3.63, 3.8) is 0 Å². The van der Waals surface area contributed by atoms with Crippen LogP contribution in [-0.4, -0.2) is 25.8 Å².